The zero-order valence-corrected chi connectivity index (χ0v) is 14.7. The van der Waals surface area contributed by atoms with Gasteiger partial charge in [0.05, 0.1) is 18.4 Å². The normalized spacial score (nSPS) is 23.0. The first-order chi connectivity index (χ1) is 10.7. The number of hydrogen-bond acceptors (Lipinski definition) is 3. The van der Waals surface area contributed by atoms with Gasteiger partial charge in [0.1, 0.15) is 6.34 Å². The van der Waals surface area contributed by atoms with E-state index in [1.54, 1.807) is 12.4 Å². The molecule has 0 radical (unpaired) electrons. The Balaban J connectivity index is 0.00000211. The van der Waals surface area contributed by atoms with Gasteiger partial charge in [-0.3, -0.25) is 0 Å². The highest BCUT2D eigenvalue weighted by Gasteiger charge is 2.20. The molecule has 1 aliphatic rings. The minimum atomic E-state index is 0.271. The Bertz CT molecular complexity index is 422. The maximum atomic E-state index is 5.87. The predicted molar refractivity (Wildman–Crippen MR) is 97.9 cm³/mol. The first kappa shape index (κ1) is 20.5. The fourth-order valence-corrected chi connectivity index (χ4v) is 1.81. The zero-order valence-electron chi connectivity index (χ0n) is 14.7. The molecule has 1 rings (SSSR count). The van der Waals surface area contributed by atoms with Crippen LogP contribution in [0.3, 0.4) is 0 Å². The molecule has 1 saturated heterocycles. The number of nitrogens with zero attached hydrogens (tertiary/aromatic N) is 2. The number of rotatable bonds is 7. The van der Waals surface area contributed by atoms with Crippen molar-refractivity contribution in [3.8, 4) is 0 Å². The number of ether oxygens (including phenoxy) is 1. The summed E-state index contributed by atoms with van der Waals surface area (Å²) in [7, 11) is 0. The monoisotopic (exact) mass is 305 g/mol. The molecule has 2 unspecified atom stereocenters. The van der Waals surface area contributed by atoms with E-state index in [4.69, 9.17) is 4.74 Å². The summed E-state index contributed by atoms with van der Waals surface area (Å²) in [5, 5.41) is 3.37. The van der Waals surface area contributed by atoms with Crippen LogP contribution in [-0.2, 0) is 4.74 Å². The summed E-state index contributed by atoms with van der Waals surface area (Å²) in [6.07, 6.45) is 10.4. The lowest BCUT2D eigenvalue weighted by atomic mass is 10.2. The quantitative estimate of drug-likeness (QED) is 0.440. The molecule has 0 amide bonds. The summed E-state index contributed by atoms with van der Waals surface area (Å²) in [6.45, 7) is 15.1. The second kappa shape index (κ2) is 13.2. The average Bonchev–Trinajstić information content (AvgIpc) is 2.96. The molecule has 1 fully saturated rings. The Morgan fingerprint density at radius 1 is 1.41 bits per heavy atom. The topological polar surface area (TPSA) is 46.0 Å². The van der Waals surface area contributed by atoms with Crippen molar-refractivity contribution in [1.82, 2.24) is 5.32 Å². The molecule has 1 aliphatic heterocycles. The van der Waals surface area contributed by atoms with Crippen LogP contribution in [0.5, 0.6) is 0 Å². The molecule has 0 aromatic heterocycles. The molecule has 0 aromatic rings. The van der Waals surface area contributed by atoms with Crippen LogP contribution in [-0.4, -0.2) is 37.3 Å². The molecule has 1 N–H and O–H groups in total. The van der Waals surface area contributed by atoms with E-state index in [-0.39, 0.29) is 6.10 Å². The van der Waals surface area contributed by atoms with Crippen LogP contribution < -0.4 is 5.32 Å². The second-order valence-electron chi connectivity index (χ2n) is 4.88. The lowest BCUT2D eigenvalue weighted by Crippen LogP contribution is -2.19. The molecule has 0 spiro atoms. The van der Waals surface area contributed by atoms with Gasteiger partial charge in [-0.05, 0) is 39.3 Å². The third-order valence-electron chi connectivity index (χ3n) is 3.04. The molecule has 0 aliphatic carbocycles. The van der Waals surface area contributed by atoms with E-state index in [0.29, 0.717) is 12.6 Å². The van der Waals surface area contributed by atoms with Crippen molar-refractivity contribution in [3.63, 3.8) is 0 Å². The Labute approximate surface area is 135 Å². The predicted octanol–water partition coefficient (Wildman–Crippen LogP) is 3.91. The lowest BCUT2D eigenvalue weighted by Gasteiger charge is -2.10. The van der Waals surface area contributed by atoms with Gasteiger partial charge in [0.2, 0.25) is 0 Å². The molecule has 1 heterocycles. The van der Waals surface area contributed by atoms with Crippen LogP contribution in [0.4, 0.5) is 0 Å². The Kier molecular flexibility index (Phi) is 12.3. The minimum absolute atomic E-state index is 0.271. The van der Waals surface area contributed by atoms with Crippen LogP contribution >= 0.6 is 0 Å². The maximum Gasteiger partial charge on any atom is 0.116 e. The molecule has 4 nitrogen and oxygen atoms in total. The van der Waals surface area contributed by atoms with Crippen LogP contribution in [0, 0.1) is 0 Å². The lowest BCUT2D eigenvalue weighted by molar-refractivity contribution is 0.0826. The van der Waals surface area contributed by atoms with Gasteiger partial charge in [0.25, 0.3) is 0 Å². The van der Waals surface area contributed by atoms with E-state index in [9.17, 15) is 0 Å². The highest BCUT2D eigenvalue weighted by atomic mass is 16.5. The minimum Gasteiger partial charge on any atom is -0.371 e. The van der Waals surface area contributed by atoms with E-state index >= 15 is 0 Å². The van der Waals surface area contributed by atoms with E-state index in [1.807, 2.05) is 45.9 Å². The van der Waals surface area contributed by atoms with Crippen LogP contribution in [0.1, 0.15) is 41.0 Å². The smallest absolute Gasteiger partial charge is 0.116 e. The summed E-state index contributed by atoms with van der Waals surface area (Å²) >= 11 is 0. The Morgan fingerprint density at radius 2 is 2.14 bits per heavy atom. The summed E-state index contributed by atoms with van der Waals surface area (Å²) in [4.78, 5) is 8.49. The zero-order chi connectivity index (χ0) is 16.8. The average molecular weight is 305 g/mol. The Hall–Kier alpha value is -1.52. The van der Waals surface area contributed by atoms with Crippen molar-refractivity contribution in [2.24, 2.45) is 9.98 Å². The van der Waals surface area contributed by atoms with Crippen LogP contribution in [0.25, 0.3) is 0 Å². The summed E-state index contributed by atoms with van der Waals surface area (Å²) in [6, 6.07) is 0.534. The first-order valence-electron chi connectivity index (χ1n) is 8.02. The van der Waals surface area contributed by atoms with Crippen LogP contribution in [0.2, 0.25) is 0 Å². The molecular formula is C18H31N3O. The summed E-state index contributed by atoms with van der Waals surface area (Å²) in [5.41, 5.74) is 1.71. The molecule has 22 heavy (non-hydrogen) atoms. The van der Waals surface area contributed by atoms with Gasteiger partial charge in [-0.2, -0.15) is 0 Å². The third kappa shape index (κ3) is 9.42. The standard InChI is InChI=1S/C16H25N3O.C2H6/c1-5-7-8-15(19-12-18-13(3)6-2)11-20-16-9-14(4)17-10-16;1-2/h5-8,12,14,16-17H,2,9-11H2,1,3-4H3;1-2H3/b7-5-,15-8+,18-13?,19-12?;. The molecule has 4 heteroatoms. The van der Waals surface area contributed by atoms with E-state index in [2.05, 4.69) is 28.8 Å². The maximum absolute atomic E-state index is 5.87. The number of nitrogens with one attached hydrogen (secondary N) is 1. The van der Waals surface area contributed by atoms with Gasteiger partial charge in [0.15, 0.2) is 0 Å². The van der Waals surface area contributed by atoms with Gasteiger partial charge >= 0.3 is 0 Å². The largest absolute Gasteiger partial charge is 0.371 e. The van der Waals surface area contributed by atoms with Crippen LogP contribution in [0.15, 0.2) is 46.6 Å². The van der Waals surface area contributed by atoms with Gasteiger partial charge in [-0.15, -0.1) is 0 Å². The molecule has 124 valence electrons. The van der Waals surface area contributed by atoms with Gasteiger partial charge in [-0.25, -0.2) is 9.98 Å². The van der Waals surface area contributed by atoms with Gasteiger partial charge < -0.3 is 10.1 Å². The SMILES string of the molecule is C=CC(C)=NC=N/C(=C/C=C\C)COC1CNC(C)C1.CC. The molecule has 0 saturated carbocycles. The van der Waals surface area contributed by atoms with Crippen molar-refractivity contribution in [2.45, 2.75) is 53.2 Å². The highest BCUT2D eigenvalue weighted by molar-refractivity contribution is 5.96. The molecular weight excluding hydrogens is 274 g/mol. The number of aliphatic imine (C=N–C) groups is 2. The fraction of sp³-hybridized carbons (Fsp3) is 0.556. The van der Waals surface area contributed by atoms with E-state index in [1.165, 1.54) is 0 Å². The third-order valence-corrected chi connectivity index (χ3v) is 3.04. The molecule has 0 bridgehead atoms. The second-order valence-corrected chi connectivity index (χ2v) is 4.88. The van der Waals surface area contributed by atoms with Crippen molar-refractivity contribution in [1.29, 1.82) is 0 Å². The first-order valence-corrected chi connectivity index (χ1v) is 8.02. The van der Waals surface area contributed by atoms with Gasteiger partial charge in [-0.1, -0.05) is 32.6 Å². The van der Waals surface area contributed by atoms with Crippen molar-refractivity contribution >= 4 is 12.1 Å². The van der Waals surface area contributed by atoms with Crippen molar-refractivity contribution < 1.29 is 4.74 Å². The van der Waals surface area contributed by atoms with E-state index in [0.717, 1.165) is 24.4 Å². The highest BCUT2D eigenvalue weighted by Crippen LogP contribution is 2.11. The summed E-state index contributed by atoms with van der Waals surface area (Å²) < 4.78 is 5.87. The molecule has 0 aromatic carbocycles. The molecule has 2 atom stereocenters. The van der Waals surface area contributed by atoms with E-state index < -0.39 is 0 Å². The summed E-state index contributed by atoms with van der Waals surface area (Å²) in [5.74, 6) is 0. The van der Waals surface area contributed by atoms with Gasteiger partial charge in [0, 0.05) is 18.3 Å². The van der Waals surface area contributed by atoms with Crippen molar-refractivity contribution in [2.75, 3.05) is 13.2 Å². The Morgan fingerprint density at radius 3 is 2.68 bits per heavy atom. The number of allylic oxidation sites excluding steroid dienone is 4. The fourth-order valence-electron chi connectivity index (χ4n) is 1.81. The number of hydrogen-bond donors (Lipinski definition) is 1. The van der Waals surface area contributed by atoms with Crippen molar-refractivity contribution in [3.05, 3.63) is 36.6 Å².